The monoisotopic (exact) mass is 329 g/mol. The number of aromatic amines is 1. The summed E-state index contributed by atoms with van der Waals surface area (Å²) in [5.41, 5.74) is 4.25. The molecule has 23 heavy (non-hydrogen) atoms. The second-order valence-electron chi connectivity index (χ2n) is 5.87. The van der Waals surface area contributed by atoms with Crippen molar-refractivity contribution in [3.8, 4) is 11.3 Å². The summed E-state index contributed by atoms with van der Waals surface area (Å²) in [5, 5.41) is 5.31. The number of hydrogen-bond donors (Lipinski definition) is 1. The average Bonchev–Trinajstić information content (AvgIpc) is 3.05. The van der Waals surface area contributed by atoms with Crippen LogP contribution in [0.2, 0.25) is 5.02 Å². The van der Waals surface area contributed by atoms with E-state index < -0.39 is 0 Å². The number of nitrogens with one attached hydrogen (secondary N) is 1. The van der Waals surface area contributed by atoms with Crippen molar-refractivity contribution in [2.45, 2.75) is 20.0 Å². The first kappa shape index (κ1) is 15.8. The molecule has 0 radical (unpaired) electrons. The molecule has 0 aliphatic heterocycles. The van der Waals surface area contributed by atoms with Gasteiger partial charge in [-0.05, 0) is 26.1 Å². The number of halogens is 1. The Balaban J connectivity index is 1.80. The second-order valence-corrected chi connectivity index (χ2v) is 6.31. The number of aryl methyl sites for hydroxylation is 2. The van der Waals surface area contributed by atoms with Gasteiger partial charge in [-0.15, -0.1) is 0 Å². The van der Waals surface area contributed by atoms with Gasteiger partial charge in [0.1, 0.15) is 5.82 Å². The molecule has 0 saturated carbocycles. The van der Waals surface area contributed by atoms with Gasteiger partial charge in [0.05, 0.1) is 12.2 Å². The summed E-state index contributed by atoms with van der Waals surface area (Å²) in [6, 6.07) is 7.81. The molecule has 1 N–H and O–H groups in total. The third kappa shape index (κ3) is 3.81. The average molecular weight is 330 g/mol. The van der Waals surface area contributed by atoms with Crippen molar-refractivity contribution in [1.29, 1.82) is 0 Å². The molecule has 1 aromatic carbocycles. The number of aromatic nitrogens is 4. The van der Waals surface area contributed by atoms with Crippen molar-refractivity contribution in [1.82, 2.24) is 24.6 Å². The standard InChI is InChI=1S/C17H20ClN5/c1-12-8-19-16(20-12)11-22(2)9-14-10-23(3)21-17(14)13-5-4-6-15(18)7-13/h4-8,10H,9,11H2,1-3H3,(H,19,20). The summed E-state index contributed by atoms with van der Waals surface area (Å²) in [7, 11) is 4.01. The van der Waals surface area contributed by atoms with Gasteiger partial charge >= 0.3 is 0 Å². The van der Waals surface area contributed by atoms with E-state index in [1.54, 1.807) is 0 Å². The molecular weight excluding hydrogens is 310 g/mol. The molecule has 0 bridgehead atoms. The summed E-state index contributed by atoms with van der Waals surface area (Å²) in [6.45, 7) is 3.56. The number of nitrogens with zero attached hydrogens (tertiary/aromatic N) is 4. The van der Waals surface area contributed by atoms with Crippen LogP contribution in [0.25, 0.3) is 11.3 Å². The number of hydrogen-bond acceptors (Lipinski definition) is 3. The molecule has 3 aromatic rings. The minimum atomic E-state index is 0.721. The molecule has 0 fully saturated rings. The Kier molecular flexibility index (Phi) is 4.50. The van der Waals surface area contributed by atoms with Gasteiger partial charge in [-0.25, -0.2) is 4.98 Å². The lowest BCUT2D eigenvalue weighted by atomic mass is 10.1. The fourth-order valence-electron chi connectivity index (χ4n) is 2.68. The molecule has 6 heteroatoms. The van der Waals surface area contributed by atoms with E-state index in [2.05, 4.69) is 33.2 Å². The van der Waals surface area contributed by atoms with Gasteiger partial charge in [-0.1, -0.05) is 23.7 Å². The van der Waals surface area contributed by atoms with Crippen LogP contribution in [-0.4, -0.2) is 31.7 Å². The van der Waals surface area contributed by atoms with Crippen molar-refractivity contribution in [2.24, 2.45) is 7.05 Å². The maximum Gasteiger partial charge on any atom is 0.120 e. The Morgan fingerprint density at radius 2 is 2.13 bits per heavy atom. The van der Waals surface area contributed by atoms with E-state index in [0.717, 1.165) is 40.9 Å². The Morgan fingerprint density at radius 3 is 2.83 bits per heavy atom. The lowest BCUT2D eigenvalue weighted by Crippen LogP contribution is -2.18. The molecule has 120 valence electrons. The van der Waals surface area contributed by atoms with Crippen molar-refractivity contribution < 1.29 is 0 Å². The number of imidazole rings is 1. The van der Waals surface area contributed by atoms with Crippen LogP contribution in [0, 0.1) is 6.92 Å². The minimum absolute atomic E-state index is 0.721. The predicted molar refractivity (Wildman–Crippen MR) is 92.1 cm³/mol. The Morgan fingerprint density at radius 1 is 1.30 bits per heavy atom. The lowest BCUT2D eigenvalue weighted by Gasteiger charge is -2.15. The zero-order valence-electron chi connectivity index (χ0n) is 13.5. The van der Waals surface area contributed by atoms with Crippen LogP contribution in [0.15, 0.2) is 36.7 Å². The van der Waals surface area contributed by atoms with E-state index in [0.29, 0.717) is 0 Å². The van der Waals surface area contributed by atoms with Gasteiger partial charge in [-0.3, -0.25) is 9.58 Å². The molecule has 3 rings (SSSR count). The first-order valence-electron chi connectivity index (χ1n) is 7.49. The number of H-pyrrole nitrogens is 1. The Labute approximate surface area is 140 Å². The third-order valence-corrected chi connectivity index (χ3v) is 3.85. The summed E-state index contributed by atoms with van der Waals surface area (Å²) in [4.78, 5) is 9.83. The summed E-state index contributed by atoms with van der Waals surface area (Å²) >= 11 is 6.11. The van der Waals surface area contributed by atoms with Crippen LogP contribution in [0.5, 0.6) is 0 Å². The van der Waals surface area contributed by atoms with Gasteiger partial charge in [0.25, 0.3) is 0 Å². The van der Waals surface area contributed by atoms with Crippen LogP contribution in [0.3, 0.4) is 0 Å². The van der Waals surface area contributed by atoms with E-state index in [4.69, 9.17) is 11.6 Å². The normalized spacial score (nSPS) is 11.3. The highest BCUT2D eigenvalue weighted by Crippen LogP contribution is 2.25. The fourth-order valence-corrected chi connectivity index (χ4v) is 2.87. The highest BCUT2D eigenvalue weighted by atomic mass is 35.5. The first-order valence-corrected chi connectivity index (χ1v) is 7.86. The first-order chi connectivity index (χ1) is 11.0. The highest BCUT2D eigenvalue weighted by Gasteiger charge is 2.13. The molecular formula is C17H20ClN5. The van der Waals surface area contributed by atoms with Gasteiger partial charge in [-0.2, -0.15) is 5.10 Å². The molecule has 0 spiro atoms. The van der Waals surface area contributed by atoms with Crippen LogP contribution in [0.1, 0.15) is 17.1 Å². The van der Waals surface area contributed by atoms with E-state index in [-0.39, 0.29) is 0 Å². The Bertz CT molecular complexity index is 805. The van der Waals surface area contributed by atoms with Crippen molar-refractivity contribution in [3.63, 3.8) is 0 Å². The van der Waals surface area contributed by atoms with Crippen molar-refractivity contribution in [2.75, 3.05) is 7.05 Å². The summed E-state index contributed by atoms with van der Waals surface area (Å²) in [6.07, 6.45) is 3.91. The van der Waals surface area contributed by atoms with Gasteiger partial charge in [0.2, 0.25) is 0 Å². The van der Waals surface area contributed by atoms with E-state index in [9.17, 15) is 0 Å². The highest BCUT2D eigenvalue weighted by molar-refractivity contribution is 6.30. The molecule has 0 aliphatic carbocycles. The zero-order valence-corrected chi connectivity index (χ0v) is 14.3. The maximum absolute atomic E-state index is 6.11. The van der Waals surface area contributed by atoms with Gasteiger partial charge in [0.15, 0.2) is 0 Å². The zero-order chi connectivity index (χ0) is 16.4. The second kappa shape index (κ2) is 6.56. The van der Waals surface area contributed by atoms with Crippen molar-refractivity contribution in [3.05, 3.63) is 58.8 Å². The van der Waals surface area contributed by atoms with E-state index >= 15 is 0 Å². The van der Waals surface area contributed by atoms with Crippen LogP contribution >= 0.6 is 11.6 Å². The summed E-state index contributed by atoms with van der Waals surface area (Å²) in [5.74, 6) is 0.971. The quantitative estimate of drug-likeness (QED) is 0.780. The number of benzene rings is 1. The lowest BCUT2D eigenvalue weighted by molar-refractivity contribution is 0.312. The predicted octanol–water partition coefficient (Wildman–Crippen LogP) is 3.40. The van der Waals surface area contributed by atoms with E-state index in [1.807, 2.05) is 49.1 Å². The topological polar surface area (TPSA) is 49.7 Å². The van der Waals surface area contributed by atoms with Gasteiger partial charge in [0, 0.05) is 47.8 Å². The molecule has 0 saturated heterocycles. The molecule has 2 aromatic heterocycles. The van der Waals surface area contributed by atoms with Crippen LogP contribution in [-0.2, 0) is 20.1 Å². The molecule has 0 unspecified atom stereocenters. The molecule has 0 amide bonds. The minimum Gasteiger partial charge on any atom is -0.345 e. The van der Waals surface area contributed by atoms with Gasteiger partial charge < -0.3 is 4.98 Å². The molecule has 2 heterocycles. The Hall–Kier alpha value is -2.11. The maximum atomic E-state index is 6.11. The molecule has 0 aliphatic rings. The molecule has 5 nitrogen and oxygen atoms in total. The van der Waals surface area contributed by atoms with Crippen LogP contribution in [0.4, 0.5) is 0 Å². The summed E-state index contributed by atoms with van der Waals surface area (Å²) < 4.78 is 1.84. The largest absolute Gasteiger partial charge is 0.345 e. The van der Waals surface area contributed by atoms with E-state index in [1.165, 1.54) is 5.56 Å². The number of rotatable bonds is 5. The van der Waals surface area contributed by atoms with Crippen LogP contribution < -0.4 is 0 Å². The SMILES string of the molecule is Cc1cnc(CN(C)Cc2cn(C)nc2-c2cccc(Cl)c2)[nH]1. The third-order valence-electron chi connectivity index (χ3n) is 3.62. The molecule has 0 atom stereocenters. The fraction of sp³-hybridized carbons (Fsp3) is 0.294. The van der Waals surface area contributed by atoms with Crippen molar-refractivity contribution >= 4 is 11.6 Å². The smallest absolute Gasteiger partial charge is 0.120 e.